The summed E-state index contributed by atoms with van der Waals surface area (Å²) in [6.45, 7) is 2.74. The van der Waals surface area contributed by atoms with Crippen molar-refractivity contribution >= 4 is 23.2 Å². The number of ether oxygens (including phenoxy) is 1. The van der Waals surface area contributed by atoms with Crippen LogP contribution in [0, 0.1) is 17.8 Å². The van der Waals surface area contributed by atoms with E-state index < -0.39 is 0 Å². The van der Waals surface area contributed by atoms with Crippen LogP contribution < -0.4 is 5.32 Å². The van der Waals surface area contributed by atoms with Crippen LogP contribution in [0.4, 0.5) is 0 Å². The highest BCUT2D eigenvalue weighted by molar-refractivity contribution is 7.07. The summed E-state index contributed by atoms with van der Waals surface area (Å²) >= 11 is 1.41. The van der Waals surface area contributed by atoms with Gasteiger partial charge in [0.2, 0.25) is 5.91 Å². The third kappa shape index (κ3) is 3.26. The van der Waals surface area contributed by atoms with Crippen LogP contribution in [-0.4, -0.2) is 54.0 Å². The Morgan fingerprint density at radius 2 is 2.26 bits per heavy atom. The molecule has 6 nitrogen and oxygen atoms in total. The van der Waals surface area contributed by atoms with Gasteiger partial charge in [0.15, 0.2) is 0 Å². The topological polar surface area (TPSA) is 71.5 Å². The van der Waals surface area contributed by atoms with E-state index in [-0.39, 0.29) is 23.8 Å². The van der Waals surface area contributed by atoms with Crippen molar-refractivity contribution in [2.24, 2.45) is 17.8 Å². The lowest BCUT2D eigenvalue weighted by Crippen LogP contribution is -2.35. The fraction of sp³-hybridized carbons (Fsp3) is 0.688. The molecule has 1 N–H and O–H groups in total. The number of carbonyl (C=O) groups excluding carboxylic acids is 2. The summed E-state index contributed by atoms with van der Waals surface area (Å²) in [6.07, 6.45) is 3.24. The van der Waals surface area contributed by atoms with Gasteiger partial charge in [-0.15, -0.1) is 11.3 Å². The Bertz CT molecular complexity index is 587. The van der Waals surface area contributed by atoms with E-state index in [1.54, 1.807) is 10.9 Å². The number of nitrogens with one attached hydrogen (secondary N) is 1. The van der Waals surface area contributed by atoms with Gasteiger partial charge in [0.25, 0.3) is 5.91 Å². The van der Waals surface area contributed by atoms with Crippen molar-refractivity contribution < 1.29 is 14.3 Å². The first-order chi connectivity index (χ1) is 11.2. The van der Waals surface area contributed by atoms with E-state index in [4.69, 9.17) is 4.74 Å². The molecule has 2 saturated heterocycles. The quantitative estimate of drug-likeness (QED) is 0.876. The third-order valence-electron chi connectivity index (χ3n) is 5.14. The molecule has 0 spiro atoms. The molecule has 0 radical (unpaired) electrons. The molecule has 7 heteroatoms. The van der Waals surface area contributed by atoms with Crippen LogP contribution in [-0.2, 0) is 9.53 Å². The Morgan fingerprint density at radius 3 is 3.00 bits per heavy atom. The second-order valence-corrected chi connectivity index (χ2v) is 7.54. The second-order valence-electron chi connectivity index (χ2n) is 6.83. The normalized spacial score (nSPS) is 29.6. The number of aromatic nitrogens is 1. The molecule has 124 valence electrons. The van der Waals surface area contributed by atoms with Crippen molar-refractivity contribution in [3.8, 4) is 0 Å². The number of hydrogen-bond donors (Lipinski definition) is 1. The van der Waals surface area contributed by atoms with Crippen LogP contribution >= 0.6 is 11.3 Å². The predicted octanol–water partition coefficient (Wildman–Crippen LogP) is 1.15. The highest BCUT2D eigenvalue weighted by atomic mass is 32.1. The number of amides is 2. The minimum Gasteiger partial charge on any atom is -0.376 e. The van der Waals surface area contributed by atoms with Crippen LogP contribution in [0.15, 0.2) is 10.9 Å². The summed E-state index contributed by atoms with van der Waals surface area (Å²) in [4.78, 5) is 30.2. The molecule has 1 saturated carbocycles. The van der Waals surface area contributed by atoms with Crippen LogP contribution in [0.3, 0.4) is 0 Å². The molecule has 2 aliphatic heterocycles. The highest BCUT2D eigenvalue weighted by Gasteiger charge is 2.45. The Morgan fingerprint density at radius 1 is 1.39 bits per heavy atom. The van der Waals surface area contributed by atoms with E-state index in [0.717, 1.165) is 6.54 Å². The van der Waals surface area contributed by atoms with Crippen molar-refractivity contribution in [3.05, 3.63) is 16.6 Å². The molecular weight excluding hydrogens is 314 g/mol. The zero-order valence-electron chi connectivity index (χ0n) is 12.9. The van der Waals surface area contributed by atoms with Crippen molar-refractivity contribution in [1.29, 1.82) is 0 Å². The number of nitrogens with zero attached hydrogens (tertiary/aromatic N) is 2. The molecule has 2 amide bonds. The largest absolute Gasteiger partial charge is 0.376 e. The SMILES string of the molecule is O=C(NC[C@H]1CO[C@@H]2CN(C(=O)CC3CC3)C[C@H]12)c1cscn1. The number of hydrogen-bond acceptors (Lipinski definition) is 5. The minimum absolute atomic E-state index is 0.130. The lowest BCUT2D eigenvalue weighted by atomic mass is 9.93. The average molecular weight is 335 g/mol. The molecule has 3 heterocycles. The monoisotopic (exact) mass is 335 g/mol. The van der Waals surface area contributed by atoms with Crippen molar-refractivity contribution in [3.63, 3.8) is 0 Å². The van der Waals surface area contributed by atoms with Gasteiger partial charge in [-0.1, -0.05) is 0 Å². The molecule has 3 aliphatic rings. The Hall–Kier alpha value is -1.47. The summed E-state index contributed by atoms with van der Waals surface area (Å²) in [5, 5.41) is 4.69. The number of carbonyl (C=O) groups is 2. The first-order valence-electron chi connectivity index (χ1n) is 8.26. The van der Waals surface area contributed by atoms with E-state index in [0.29, 0.717) is 43.6 Å². The molecule has 1 aromatic heterocycles. The smallest absolute Gasteiger partial charge is 0.270 e. The molecule has 1 aromatic rings. The molecule has 0 unspecified atom stereocenters. The first-order valence-corrected chi connectivity index (χ1v) is 9.20. The van der Waals surface area contributed by atoms with E-state index in [2.05, 4.69) is 10.3 Å². The van der Waals surface area contributed by atoms with Crippen LogP contribution in [0.1, 0.15) is 29.8 Å². The highest BCUT2D eigenvalue weighted by Crippen LogP contribution is 2.36. The van der Waals surface area contributed by atoms with Gasteiger partial charge in [0, 0.05) is 43.3 Å². The maximum atomic E-state index is 12.2. The zero-order chi connectivity index (χ0) is 15.8. The summed E-state index contributed by atoms with van der Waals surface area (Å²) < 4.78 is 5.85. The number of rotatable bonds is 5. The van der Waals surface area contributed by atoms with Gasteiger partial charge in [-0.05, 0) is 18.8 Å². The summed E-state index contributed by atoms with van der Waals surface area (Å²) in [7, 11) is 0. The van der Waals surface area contributed by atoms with Gasteiger partial charge in [-0.2, -0.15) is 0 Å². The summed E-state index contributed by atoms with van der Waals surface area (Å²) in [5.41, 5.74) is 2.13. The van der Waals surface area contributed by atoms with Gasteiger partial charge in [-0.3, -0.25) is 9.59 Å². The maximum absolute atomic E-state index is 12.2. The van der Waals surface area contributed by atoms with Gasteiger partial charge >= 0.3 is 0 Å². The third-order valence-corrected chi connectivity index (χ3v) is 5.73. The number of fused-ring (bicyclic) bond motifs is 1. The molecule has 3 fully saturated rings. The van der Waals surface area contributed by atoms with Crippen LogP contribution in [0.25, 0.3) is 0 Å². The first kappa shape index (κ1) is 15.1. The maximum Gasteiger partial charge on any atom is 0.270 e. The molecule has 23 heavy (non-hydrogen) atoms. The van der Waals surface area contributed by atoms with Crippen molar-refractivity contribution in [2.45, 2.75) is 25.4 Å². The van der Waals surface area contributed by atoms with Crippen LogP contribution in [0.2, 0.25) is 0 Å². The van der Waals surface area contributed by atoms with Crippen LogP contribution in [0.5, 0.6) is 0 Å². The van der Waals surface area contributed by atoms with Gasteiger partial charge in [0.05, 0.1) is 18.2 Å². The van der Waals surface area contributed by atoms with Gasteiger partial charge in [-0.25, -0.2) is 4.98 Å². The van der Waals surface area contributed by atoms with E-state index in [1.807, 2.05) is 4.90 Å². The lowest BCUT2D eigenvalue weighted by Gasteiger charge is -2.20. The second kappa shape index (κ2) is 6.20. The lowest BCUT2D eigenvalue weighted by molar-refractivity contribution is -0.131. The van der Waals surface area contributed by atoms with E-state index in [1.165, 1.54) is 24.2 Å². The summed E-state index contributed by atoms with van der Waals surface area (Å²) in [5.74, 6) is 1.39. The fourth-order valence-corrected chi connectivity index (χ4v) is 4.08. The Kier molecular flexibility index (Phi) is 4.07. The number of likely N-dealkylation sites (tertiary alicyclic amines) is 1. The average Bonchev–Trinajstić information content (AvgIpc) is 2.99. The zero-order valence-corrected chi connectivity index (χ0v) is 13.8. The van der Waals surface area contributed by atoms with Crippen molar-refractivity contribution in [2.75, 3.05) is 26.2 Å². The predicted molar refractivity (Wildman–Crippen MR) is 85.1 cm³/mol. The van der Waals surface area contributed by atoms with Crippen molar-refractivity contribution in [1.82, 2.24) is 15.2 Å². The van der Waals surface area contributed by atoms with Gasteiger partial charge in [0.1, 0.15) is 5.69 Å². The molecule has 0 aromatic carbocycles. The molecular formula is C16H21N3O3S. The van der Waals surface area contributed by atoms with E-state index >= 15 is 0 Å². The Balaban J connectivity index is 1.29. The van der Waals surface area contributed by atoms with Gasteiger partial charge < -0.3 is 15.0 Å². The molecule has 4 rings (SSSR count). The standard InChI is InChI=1S/C16H21N3O3S/c20-15(3-10-1-2-10)19-5-12-11(7-22-14(12)6-19)4-17-16(21)13-8-23-9-18-13/h8-12,14H,1-7H2,(H,17,21)/t11-,12+,14+/m0/s1. The molecule has 0 bridgehead atoms. The Labute approximate surface area is 139 Å². The minimum atomic E-state index is -0.130. The number of thiazole rings is 1. The molecule has 3 atom stereocenters. The molecule has 1 aliphatic carbocycles. The van der Waals surface area contributed by atoms with E-state index in [9.17, 15) is 9.59 Å². The fourth-order valence-electron chi connectivity index (χ4n) is 3.55. The summed E-state index contributed by atoms with van der Waals surface area (Å²) in [6, 6.07) is 0.